The molecule has 0 aromatic carbocycles. The monoisotopic (exact) mass is 336 g/mol. The lowest BCUT2D eigenvalue weighted by Gasteiger charge is -2.34. The van der Waals surface area contributed by atoms with Crippen LogP contribution in [0.4, 0.5) is 0 Å². The summed E-state index contributed by atoms with van der Waals surface area (Å²) < 4.78 is 0. The highest BCUT2D eigenvalue weighted by Gasteiger charge is 2.24. The average Bonchev–Trinajstić information content (AvgIpc) is 2.62. The second-order valence-electron chi connectivity index (χ2n) is 8.90. The van der Waals surface area contributed by atoms with E-state index in [2.05, 4.69) is 35.1 Å². The molecule has 0 bridgehead atoms. The molecule has 3 rings (SSSR count). The lowest BCUT2D eigenvalue weighted by atomic mass is 9.85. The van der Waals surface area contributed by atoms with Gasteiger partial charge in [0.2, 0.25) is 0 Å². The molecule has 0 radical (unpaired) electrons. The molecule has 3 saturated heterocycles. The molecule has 0 aliphatic carbocycles. The van der Waals surface area contributed by atoms with Gasteiger partial charge in [0, 0.05) is 25.2 Å². The zero-order valence-electron chi connectivity index (χ0n) is 15.9. The van der Waals surface area contributed by atoms with E-state index < -0.39 is 0 Å². The van der Waals surface area contributed by atoms with Gasteiger partial charge in [-0.1, -0.05) is 6.92 Å². The van der Waals surface area contributed by atoms with Crippen LogP contribution in [0.1, 0.15) is 65.2 Å². The van der Waals surface area contributed by atoms with Gasteiger partial charge in [-0.15, -0.1) is 0 Å². The number of rotatable bonds is 6. The molecule has 0 aromatic heterocycles. The van der Waals surface area contributed by atoms with E-state index in [1.54, 1.807) is 0 Å². The molecule has 3 fully saturated rings. The molecule has 0 saturated carbocycles. The first-order valence-corrected chi connectivity index (χ1v) is 10.6. The minimum atomic E-state index is 0.500. The largest absolute Gasteiger partial charge is 0.314 e. The molecule has 4 nitrogen and oxygen atoms in total. The summed E-state index contributed by atoms with van der Waals surface area (Å²) in [6.07, 6.45) is 11.7. The highest BCUT2D eigenvalue weighted by atomic mass is 15.1. The predicted molar refractivity (Wildman–Crippen MR) is 102 cm³/mol. The van der Waals surface area contributed by atoms with Crippen LogP contribution >= 0.6 is 0 Å². The van der Waals surface area contributed by atoms with Crippen molar-refractivity contribution in [3.63, 3.8) is 0 Å². The molecule has 24 heavy (non-hydrogen) atoms. The molecule has 0 aromatic rings. The van der Waals surface area contributed by atoms with Crippen LogP contribution in [0.15, 0.2) is 0 Å². The van der Waals surface area contributed by atoms with Crippen molar-refractivity contribution in [2.24, 2.45) is 17.8 Å². The first-order chi connectivity index (χ1) is 11.7. The van der Waals surface area contributed by atoms with Crippen LogP contribution in [0.5, 0.6) is 0 Å². The fourth-order valence-corrected chi connectivity index (χ4v) is 4.68. The van der Waals surface area contributed by atoms with Gasteiger partial charge in [-0.3, -0.25) is 0 Å². The van der Waals surface area contributed by atoms with Crippen LogP contribution in [0, 0.1) is 17.8 Å². The van der Waals surface area contributed by atoms with E-state index in [1.165, 1.54) is 77.5 Å². The summed E-state index contributed by atoms with van der Waals surface area (Å²) in [5.41, 5.74) is 0. The second kappa shape index (κ2) is 9.51. The van der Waals surface area contributed by atoms with Crippen molar-refractivity contribution in [3.8, 4) is 0 Å². The quantitative estimate of drug-likeness (QED) is 0.602. The second-order valence-corrected chi connectivity index (χ2v) is 8.90. The van der Waals surface area contributed by atoms with Gasteiger partial charge >= 0.3 is 0 Å². The van der Waals surface area contributed by atoms with Gasteiger partial charge in [-0.25, -0.2) is 0 Å². The summed E-state index contributed by atoms with van der Waals surface area (Å²) in [6, 6.07) is 1.57. The summed E-state index contributed by atoms with van der Waals surface area (Å²) in [6.45, 7) is 9.46. The highest BCUT2D eigenvalue weighted by molar-refractivity contribution is 4.83. The van der Waals surface area contributed by atoms with Gasteiger partial charge in [-0.05, 0) is 89.1 Å². The molecule has 4 N–H and O–H groups in total. The normalized spacial score (nSPS) is 41.2. The zero-order valence-corrected chi connectivity index (χ0v) is 15.9. The fraction of sp³-hybridized carbons (Fsp3) is 1.00. The van der Waals surface area contributed by atoms with Crippen molar-refractivity contribution < 1.29 is 0 Å². The Morgan fingerprint density at radius 3 is 1.75 bits per heavy atom. The molecule has 4 atom stereocenters. The number of hydrogen-bond acceptors (Lipinski definition) is 4. The lowest BCUT2D eigenvalue weighted by molar-refractivity contribution is 0.236. The van der Waals surface area contributed by atoms with Gasteiger partial charge in [0.05, 0.1) is 6.17 Å². The number of nitrogens with one attached hydrogen (secondary N) is 4. The van der Waals surface area contributed by atoms with Crippen LogP contribution in [-0.4, -0.2) is 44.4 Å². The van der Waals surface area contributed by atoms with Crippen LogP contribution < -0.4 is 21.3 Å². The molecular weight excluding hydrogens is 296 g/mol. The minimum absolute atomic E-state index is 0.500. The van der Waals surface area contributed by atoms with Crippen LogP contribution in [0.2, 0.25) is 0 Å². The first kappa shape index (κ1) is 18.6. The Morgan fingerprint density at radius 2 is 1.17 bits per heavy atom. The third-order valence-corrected chi connectivity index (χ3v) is 6.65. The third kappa shape index (κ3) is 5.98. The number of hydrogen-bond donors (Lipinski definition) is 4. The van der Waals surface area contributed by atoms with E-state index in [4.69, 9.17) is 0 Å². The Labute approximate surface area is 149 Å². The van der Waals surface area contributed by atoms with E-state index >= 15 is 0 Å². The van der Waals surface area contributed by atoms with E-state index in [9.17, 15) is 0 Å². The van der Waals surface area contributed by atoms with E-state index in [0.717, 1.165) is 29.8 Å². The maximum atomic E-state index is 3.85. The molecule has 3 heterocycles. The average molecular weight is 337 g/mol. The van der Waals surface area contributed by atoms with Crippen LogP contribution in [-0.2, 0) is 0 Å². The third-order valence-electron chi connectivity index (χ3n) is 6.65. The van der Waals surface area contributed by atoms with Gasteiger partial charge in [0.25, 0.3) is 0 Å². The first-order valence-electron chi connectivity index (χ1n) is 10.6. The highest BCUT2D eigenvalue weighted by Crippen LogP contribution is 2.25. The summed E-state index contributed by atoms with van der Waals surface area (Å²) in [5, 5.41) is 14.7. The van der Waals surface area contributed by atoms with Gasteiger partial charge in [-0.2, -0.15) is 0 Å². The molecule has 4 unspecified atom stereocenters. The summed E-state index contributed by atoms with van der Waals surface area (Å²) in [4.78, 5) is 0. The number of piperidine rings is 2. The van der Waals surface area contributed by atoms with Gasteiger partial charge in [0.1, 0.15) is 0 Å². The lowest BCUT2D eigenvalue weighted by Crippen LogP contribution is -2.51. The van der Waals surface area contributed by atoms with Crippen molar-refractivity contribution in [1.29, 1.82) is 0 Å². The molecule has 4 heteroatoms. The van der Waals surface area contributed by atoms with Crippen LogP contribution in [0.25, 0.3) is 0 Å². The zero-order chi connectivity index (χ0) is 16.8. The maximum absolute atomic E-state index is 3.85. The summed E-state index contributed by atoms with van der Waals surface area (Å²) >= 11 is 0. The minimum Gasteiger partial charge on any atom is -0.314 e. The van der Waals surface area contributed by atoms with Gasteiger partial charge in [0.15, 0.2) is 0 Å². The Balaban J connectivity index is 1.24. The Kier molecular flexibility index (Phi) is 7.38. The smallest absolute Gasteiger partial charge is 0.0542 e. The van der Waals surface area contributed by atoms with Crippen LogP contribution in [0.3, 0.4) is 0 Å². The Bertz CT molecular complexity index is 304. The molecule has 0 spiro atoms. The van der Waals surface area contributed by atoms with E-state index in [1.807, 2.05) is 0 Å². The van der Waals surface area contributed by atoms with Crippen molar-refractivity contribution >= 4 is 0 Å². The summed E-state index contributed by atoms with van der Waals surface area (Å²) in [5.74, 6) is 2.63. The van der Waals surface area contributed by atoms with Crippen molar-refractivity contribution in [1.82, 2.24) is 21.3 Å². The standard InChI is InChI=1S/C20H40N4/c1-15-3-7-19(23-11-15)9-10-20-8-6-17(12-24-20)4-5-18-13-21-16(2)22-14-18/h15-24H,3-14H2,1-2H3. The maximum Gasteiger partial charge on any atom is 0.0542 e. The summed E-state index contributed by atoms with van der Waals surface area (Å²) in [7, 11) is 0. The molecule has 3 aliphatic rings. The predicted octanol–water partition coefficient (Wildman–Crippen LogP) is 2.46. The molecule has 3 aliphatic heterocycles. The van der Waals surface area contributed by atoms with E-state index in [0.29, 0.717) is 6.17 Å². The van der Waals surface area contributed by atoms with E-state index in [-0.39, 0.29) is 0 Å². The van der Waals surface area contributed by atoms with Crippen molar-refractivity contribution in [2.45, 2.75) is 83.5 Å². The SMILES string of the molecule is CC1CCC(CCC2CCC(CCC3CNC(C)NC3)CN2)NC1. The fourth-order valence-electron chi connectivity index (χ4n) is 4.68. The van der Waals surface area contributed by atoms with Gasteiger partial charge < -0.3 is 21.3 Å². The van der Waals surface area contributed by atoms with Crippen molar-refractivity contribution in [2.75, 3.05) is 26.2 Å². The Morgan fingerprint density at radius 1 is 0.583 bits per heavy atom. The molecule has 140 valence electrons. The molecular formula is C20H40N4. The van der Waals surface area contributed by atoms with Crippen molar-refractivity contribution in [3.05, 3.63) is 0 Å². The Hall–Kier alpha value is -0.160. The topological polar surface area (TPSA) is 48.1 Å². The molecule has 0 amide bonds.